The van der Waals surface area contributed by atoms with Crippen LogP contribution >= 0.6 is 11.3 Å². The highest BCUT2D eigenvalue weighted by Crippen LogP contribution is 2.11. The van der Waals surface area contributed by atoms with Crippen LogP contribution in [0.4, 0.5) is 0 Å². The van der Waals surface area contributed by atoms with E-state index >= 15 is 0 Å². The fraction of sp³-hybridized carbons (Fsp3) is 0.750. The fourth-order valence-electron chi connectivity index (χ4n) is 2.00. The van der Waals surface area contributed by atoms with Crippen molar-refractivity contribution in [3.8, 4) is 0 Å². The number of nitrogens with zero attached hydrogens (tertiary/aromatic N) is 2. The van der Waals surface area contributed by atoms with E-state index in [-0.39, 0.29) is 0 Å². The quantitative estimate of drug-likeness (QED) is 0.859. The van der Waals surface area contributed by atoms with Crippen molar-refractivity contribution in [1.82, 2.24) is 15.2 Å². The Kier molecular flexibility index (Phi) is 4.91. The predicted molar refractivity (Wildman–Crippen MR) is 70.4 cm³/mol. The van der Waals surface area contributed by atoms with Gasteiger partial charge in [0.15, 0.2) is 0 Å². The van der Waals surface area contributed by atoms with Crippen molar-refractivity contribution in [3.63, 3.8) is 0 Å². The lowest BCUT2D eigenvalue weighted by Gasteiger charge is -2.29. The molecule has 1 unspecified atom stereocenters. The lowest BCUT2D eigenvalue weighted by atomic mass is 10.3. The molecular formula is C12H21N3OS. The zero-order valence-corrected chi connectivity index (χ0v) is 11.4. The number of ether oxygens (including phenoxy) is 1. The van der Waals surface area contributed by atoms with Crippen molar-refractivity contribution in [1.29, 1.82) is 0 Å². The first-order valence-corrected chi connectivity index (χ1v) is 7.00. The minimum Gasteiger partial charge on any atom is -0.379 e. The summed E-state index contributed by atoms with van der Waals surface area (Å²) in [6.45, 7) is 10.2. The average Bonchev–Trinajstić information content (AvgIpc) is 2.74. The van der Waals surface area contributed by atoms with Gasteiger partial charge in [-0.1, -0.05) is 0 Å². The second-order valence-electron chi connectivity index (χ2n) is 4.54. The van der Waals surface area contributed by atoms with E-state index in [0.717, 1.165) is 44.4 Å². The van der Waals surface area contributed by atoms with Gasteiger partial charge >= 0.3 is 0 Å². The molecule has 1 aromatic heterocycles. The maximum absolute atomic E-state index is 5.34. The zero-order valence-electron chi connectivity index (χ0n) is 10.6. The van der Waals surface area contributed by atoms with E-state index in [4.69, 9.17) is 4.74 Å². The summed E-state index contributed by atoms with van der Waals surface area (Å²) in [5.41, 5.74) is 0. The normalized spacial score (nSPS) is 19.4. The predicted octanol–water partition coefficient (Wildman–Crippen LogP) is 1.26. The zero-order chi connectivity index (χ0) is 12.1. The summed E-state index contributed by atoms with van der Waals surface area (Å²) >= 11 is 1.77. The maximum atomic E-state index is 5.34. The van der Waals surface area contributed by atoms with Gasteiger partial charge in [0.25, 0.3) is 0 Å². The van der Waals surface area contributed by atoms with Crippen LogP contribution in [0.25, 0.3) is 0 Å². The Balaban J connectivity index is 1.68. The second kappa shape index (κ2) is 6.44. The number of nitrogens with one attached hydrogen (secondary N) is 1. The largest absolute Gasteiger partial charge is 0.379 e. The second-order valence-corrected chi connectivity index (χ2v) is 5.86. The Hall–Kier alpha value is -0.490. The van der Waals surface area contributed by atoms with Crippen molar-refractivity contribution < 1.29 is 4.74 Å². The molecule has 0 amide bonds. The molecule has 1 aromatic rings. The monoisotopic (exact) mass is 255 g/mol. The molecule has 0 spiro atoms. The number of hydrogen-bond donors (Lipinski definition) is 1. The van der Waals surface area contributed by atoms with E-state index in [1.807, 2.05) is 13.1 Å². The topological polar surface area (TPSA) is 37.4 Å². The molecule has 1 fully saturated rings. The molecule has 1 aliphatic heterocycles. The van der Waals surface area contributed by atoms with E-state index in [1.165, 1.54) is 4.88 Å². The average molecular weight is 255 g/mol. The molecule has 0 aliphatic carbocycles. The van der Waals surface area contributed by atoms with Crippen molar-refractivity contribution in [2.75, 3.05) is 32.8 Å². The molecule has 96 valence electrons. The summed E-state index contributed by atoms with van der Waals surface area (Å²) in [4.78, 5) is 8.04. The van der Waals surface area contributed by atoms with Gasteiger partial charge in [0.05, 0.1) is 18.2 Å². The minimum absolute atomic E-state index is 0.510. The van der Waals surface area contributed by atoms with E-state index in [2.05, 4.69) is 22.1 Å². The van der Waals surface area contributed by atoms with E-state index in [1.54, 1.807) is 11.3 Å². The first-order valence-electron chi connectivity index (χ1n) is 6.19. The van der Waals surface area contributed by atoms with Crippen LogP contribution in [0.3, 0.4) is 0 Å². The summed E-state index contributed by atoms with van der Waals surface area (Å²) in [6.07, 6.45) is 1.97. The summed E-state index contributed by atoms with van der Waals surface area (Å²) in [6, 6.07) is 0.510. The number of rotatable bonds is 5. The molecule has 0 aromatic carbocycles. The lowest BCUT2D eigenvalue weighted by molar-refractivity contribution is 0.0343. The molecule has 0 radical (unpaired) electrons. The standard InChI is InChI=1S/C12H21N3OS/c1-10(9-15-3-5-16-6-4-15)13-7-12-8-14-11(2)17-12/h8,10,13H,3-7,9H2,1-2H3. The van der Waals surface area contributed by atoms with Crippen molar-refractivity contribution in [2.45, 2.75) is 26.4 Å². The number of aryl methyl sites for hydroxylation is 1. The van der Waals surface area contributed by atoms with Crippen molar-refractivity contribution in [3.05, 3.63) is 16.1 Å². The Bertz CT molecular complexity index is 336. The Morgan fingerprint density at radius 1 is 1.53 bits per heavy atom. The van der Waals surface area contributed by atoms with Crippen molar-refractivity contribution in [2.24, 2.45) is 0 Å². The molecule has 2 heterocycles. The smallest absolute Gasteiger partial charge is 0.0897 e. The molecule has 1 aliphatic rings. The summed E-state index contributed by atoms with van der Waals surface area (Å²) in [5, 5.41) is 4.69. The Morgan fingerprint density at radius 3 is 2.94 bits per heavy atom. The van der Waals surface area contributed by atoms with Gasteiger partial charge in [0.2, 0.25) is 0 Å². The molecule has 5 heteroatoms. The van der Waals surface area contributed by atoms with Gasteiger partial charge in [-0.2, -0.15) is 0 Å². The number of morpholine rings is 1. The molecule has 1 N–H and O–H groups in total. The molecule has 0 bridgehead atoms. The third-order valence-electron chi connectivity index (χ3n) is 2.93. The summed E-state index contributed by atoms with van der Waals surface area (Å²) in [7, 11) is 0. The van der Waals surface area contributed by atoms with Gasteiger partial charge in [0, 0.05) is 43.3 Å². The number of hydrogen-bond acceptors (Lipinski definition) is 5. The van der Waals surface area contributed by atoms with Crippen LogP contribution in [0.1, 0.15) is 16.8 Å². The third-order valence-corrected chi connectivity index (χ3v) is 3.84. The summed E-state index contributed by atoms with van der Waals surface area (Å²) in [5.74, 6) is 0. The van der Waals surface area contributed by atoms with Gasteiger partial charge < -0.3 is 10.1 Å². The van der Waals surface area contributed by atoms with Crippen LogP contribution in [0.15, 0.2) is 6.20 Å². The molecular weight excluding hydrogens is 234 g/mol. The van der Waals surface area contributed by atoms with Crippen molar-refractivity contribution >= 4 is 11.3 Å². The first-order chi connectivity index (χ1) is 8.24. The number of thiazole rings is 1. The highest BCUT2D eigenvalue weighted by Gasteiger charge is 2.13. The van der Waals surface area contributed by atoms with Crippen LogP contribution in [-0.2, 0) is 11.3 Å². The van der Waals surface area contributed by atoms with Gasteiger partial charge in [0.1, 0.15) is 0 Å². The lowest BCUT2D eigenvalue weighted by Crippen LogP contribution is -2.44. The molecule has 4 nitrogen and oxygen atoms in total. The first kappa shape index (κ1) is 13.0. The van der Waals surface area contributed by atoms with E-state index in [9.17, 15) is 0 Å². The molecule has 2 rings (SSSR count). The molecule has 17 heavy (non-hydrogen) atoms. The van der Waals surface area contributed by atoms with Crippen LogP contribution in [0, 0.1) is 6.92 Å². The fourth-order valence-corrected chi connectivity index (χ4v) is 2.74. The van der Waals surface area contributed by atoms with Crippen LogP contribution in [0.5, 0.6) is 0 Å². The van der Waals surface area contributed by atoms with Gasteiger partial charge in [-0.15, -0.1) is 11.3 Å². The van der Waals surface area contributed by atoms with Gasteiger partial charge in [-0.3, -0.25) is 4.90 Å². The summed E-state index contributed by atoms with van der Waals surface area (Å²) < 4.78 is 5.34. The van der Waals surface area contributed by atoms with Gasteiger partial charge in [-0.25, -0.2) is 4.98 Å². The van der Waals surface area contributed by atoms with Gasteiger partial charge in [-0.05, 0) is 13.8 Å². The van der Waals surface area contributed by atoms with Crippen LogP contribution in [-0.4, -0.2) is 48.8 Å². The minimum atomic E-state index is 0.510. The third kappa shape index (κ3) is 4.35. The highest BCUT2D eigenvalue weighted by atomic mass is 32.1. The van der Waals surface area contributed by atoms with Crippen LogP contribution in [0.2, 0.25) is 0 Å². The van der Waals surface area contributed by atoms with Crippen LogP contribution < -0.4 is 5.32 Å². The maximum Gasteiger partial charge on any atom is 0.0897 e. The molecule has 1 saturated heterocycles. The van der Waals surface area contributed by atoms with E-state index in [0.29, 0.717) is 6.04 Å². The Morgan fingerprint density at radius 2 is 2.29 bits per heavy atom. The Labute approximate surface area is 107 Å². The van der Waals surface area contributed by atoms with E-state index < -0.39 is 0 Å². The SMILES string of the molecule is Cc1ncc(CNC(C)CN2CCOCC2)s1. The molecule has 1 atom stereocenters. The highest BCUT2D eigenvalue weighted by molar-refractivity contribution is 7.11. The molecule has 0 saturated carbocycles. The number of aromatic nitrogens is 1.